The van der Waals surface area contributed by atoms with Gasteiger partial charge in [-0.25, -0.2) is 28.4 Å². The van der Waals surface area contributed by atoms with Crippen molar-refractivity contribution in [3.8, 4) is 0 Å². The molecular weight excluding hydrogens is 536 g/mol. The predicted octanol–water partition coefficient (Wildman–Crippen LogP) is 2.66. The lowest BCUT2D eigenvalue weighted by atomic mass is 9.90. The van der Waals surface area contributed by atoms with Crippen molar-refractivity contribution in [2.45, 2.75) is 63.9 Å². The number of hydrogen-bond acceptors (Lipinski definition) is 10. The molecule has 0 atom stereocenters. The van der Waals surface area contributed by atoms with Crippen LogP contribution in [0.2, 0.25) is 0 Å². The van der Waals surface area contributed by atoms with Crippen molar-refractivity contribution < 1.29 is 8.42 Å². The van der Waals surface area contributed by atoms with Crippen molar-refractivity contribution in [2.75, 3.05) is 43.4 Å². The zero-order valence-electron chi connectivity index (χ0n) is 24.3. The second-order valence-corrected chi connectivity index (χ2v) is 14.3. The maximum Gasteiger partial charge on any atom is 0.266 e. The predicted molar refractivity (Wildman–Crippen MR) is 154 cm³/mol. The van der Waals surface area contributed by atoms with E-state index in [-0.39, 0.29) is 21.7 Å². The molecule has 39 heavy (non-hydrogen) atoms. The number of H-pyrrole nitrogens is 1. The molecule has 0 spiro atoms. The van der Waals surface area contributed by atoms with E-state index in [0.717, 1.165) is 50.1 Å². The highest BCUT2D eigenvalue weighted by Crippen LogP contribution is 2.28. The number of aryl methyl sites for hydroxylation is 2. The molecular formula is C25H42N10O2S2. The first-order valence-electron chi connectivity index (χ1n) is 13.1. The standard InChI is InChI=1S/C22H37N7O2S.C3H5N3S/c1-21(2,3)17-15-18(25-19(24-17)22(4,5)6)29-12-10-28(11-13-29)9-8-14-32(30,31)20-23-16-27(7)26-20;1-6-2-4-3(7)5-6/h15-16H,8-14H2,1-7H3;2H,1H3,(H,5,7). The molecule has 1 fully saturated rings. The summed E-state index contributed by atoms with van der Waals surface area (Å²) >= 11 is 4.65. The molecule has 12 nitrogen and oxygen atoms in total. The molecule has 216 valence electrons. The Bertz CT molecular complexity index is 1360. The van der Waals surface area contributed by atoms with E-state index in [9.17, 15) is 8.42 Å². The molecule has 0 saturated carbocycles. The van der Waals surface area contributed by atoms with Gasteiger partial charge in [0.15, 0.2) is 0 Å². The highest BCUT2D eigenvalue weighted by atomic mass is 32.2. The van der Waals surface area contributed by atoms with Gasteiger partial charge in [-0.2, -0.15) is 0 Å². The van der Waals surface area contributed by atoms with Crippen LogP contribution in [-0.2, 0) is 34.8 Å². The lowest BCUT2D eigenvalue weighted by Gasteiger charge is -2.36. The van der Waals surface area contributed by atoms with Gasteiger partial charge in [-0.1, -0.05) is 41.5 Å². The third kappa shape index (κ3) is 8.90. The van der Waals surface area contributed by atoms with E-state index in [4.69, 9.17) is 9.97 Å². The number of hydrogen-bond donors (Lipinski definition) is 1. The molecule has 4 rings (SSSR count). The monoisotopic (exact) mass is 578 g/mol. The van der Waals surface area contributed by atoms with Crippen molar-refractivity contribution >= 4 is 27.9 Å². The summed E-state index contributed by atoms with van der Waals surface area (Å²) in [4.78, 5) is 22.0. The third-order valence-corrected chi connectivity index (χ3v) is 7.98. The van der Waals surface area contributed by atoms with Gasteiger partial charge in [0.25, 0.3) is 5.16 Å². The first kappa shape index (κ1) is 30.8. The van der Waals surface area contributed by atoms with E-state index in [1.165, 1.54) is 11.0 Å². The Morgan fingerprint density at radius 1 is 0.949 bits per heavy atom. The molecule has 0 radical (unpaired) electrons. The van der Waals surface area contributed by atoms with Crippen molar-refractivity contribution in [1.29, 1.82) is 0 Å². The molecule has 3 aromatic heterocycles. The van der Waals surface area contributed by atoms with Crippen LogP contribution in [0.25, 0.3) is 0 Å². The van der Waals surface area contributed by atoms with Crippen molar-refractivity contribution in [1.82, 2.24) is 44.4 Å². The van der Waals surface area contributed by atoms with Crippen LogP contribution in [0, 0.1) is 4.77 Å². The molecule has 0 bridgehead atoms. The molecule has 0 aromatic carbocycles. The quantitative estimate of drug-likeness (QED) is 0.436. The van der Waals surface area contributed by atoms with Crippen molar-refractivity contribution in [2.24, 2.45) is 14.1 Å². The molecule has 1 aliphatic rings. The molecule has 0 aliphatic carbocycles. The van der Waals surface area contributed by atoms with Crippen LogP contribution >= 0.6 is 12.2 Å². The smallest absolute Gasteiger partial charge is 0.266 e. The molecule has 1 N–H and O–H groups in total. The highest BCUT2D eigenvalue weighted by Gasteiger charge is 2.27. The van der Waals surface area contributed by atoms with E-state index in [0.29, 0.717) is 11.2 Å². The normalized spacial score (nSPS) is 15.2. The van der Waals surface area contributed by atoms with Gasteiger partial charge < -0.3 is 4.90 Å². The van der Waals surface area contributed by atoms with Gasteiger partial charge in [0, 0.05) is 57.2 Å². The minimum absolute atomic E-state index is 0.0481. The largest absolute Gasteiger partial charge is 0.354 e. The zero-order valence-corrected chi connectivity index (χ0v) is 26.0. The average molecular weight is 579 g/mol. The Morgan fingerprint density at radius 3 is 2.08 bits per heavy atom. The second-order valence-electron chi connectivity index (χ2n) is 11.9. The van der Waals surface area contributed by atoms with Gasteiger partial charge in [0.1, 0.15) is 24.3 Å². The minimum atomic E-state index is -3.43. The Balaban J connectivity index is 0.000000520. The number of aromatic nitrogens is 8. The lowest BCUT2D eigenvalue weighted by Crippen LogP contribution is -2.47. The second kappa shape index (κ2) is 12.2. The molecule has 3 aromatic rings. The Hall–Kier alpha value is -2.71. The van der Waals surface area contributed by atoms with Crippen LogP contribution in [0.4, 0.5) is 5.82 Å². The zero-order chi connectivity index (χ0) is 29.0. The fourth-order valence-electron chi connectivity index (χ4n) is 3.90. The molecule has 0 unspecified atom stereocenters. The molecule has 1 aliphatic heterocycles. The van der Waals surface area contributed by atoms with Gasteiger partial charge in [-0.3, -0.25) is 19.4 Å². The minimum Gasteiger partial charge on any atom is -0.354 e. The number of anilines is 1. The van der Waals surface area contributed by atoms with Crippen LogP contribution in [0.3, 0.4) is 0 Å². The number of nitrogens with one attached hydrogen (secondary N) is 1. The van der Waals surface area contributed by atoms with Crippen LogP contribution in [0.1, 0.15) is 59.5 Å². The van der Waals surface area contributed by atoms with E-state index in [2.05, 4.69) is 89.8 Å². The third-order valence-electron chi connectivity index (χ3n) is 6.21. The summed E-state index contributed by atoms with van der Waals surface area (Å²) in [5.41, 5.74) is 0.891. The highest BCUT2D eigenvalue weighted by molar-refractivity contribution is 7.91. The summed E-state index contributed by atoms with van der Waals surface area (Å²) in [6.45, 7) is 17.2. The summed E-state index contributed by atoms with van der Waals surface area (Å²) in [6.07, 6.45) is 3.61. The fourth-order valence-corrected chi connectivity index (χ4v) is 5.24. The Morgan fingerprint density at radius 2 is 1.62 bits per heavy atom. The summed E-state index contributed by atoms with van der Waals surface area (Å²) in [5.74, 6) is 1.92. The SMILES string of the molecule is Cn1cnc(=S)[nH]1.Cn1cnc(S(=O)(=O)CCCN2CCN(c3cc(C(C)(C)C)nc(C(C)(C)C)n3)CC2)n1. The topological polar surface area (TPSA) is 131 Å². The number of aromatic amines is 1. The fraction of sp³-hybridized carbons (Fsp3) is 0.680. The summed E-state index contributed by atoms with van der Waals surface area (Å²) < 4.78 is 28.4. The van der Waals surface area contributed by atoms with Crippen LogP contribution in [0.5, 0.6) is 0 Å². The number of piperazine rings is 1. The Kier molecular flexibility index (Phi) is 9.65. The summed E-state index contributed by atoms with van der Waals surface area (Å²) in [5, 5.41) is 6.60. The van der Waals surface area contributed by atoms with Crippen LogP contribution in [-0.4, -0.2) is 91.3 Å². The van der Waals surface area contributed by atoms with Crippen molar-refractivity contribution in [3.05, 3.63) is 35.0 Å². The number of sulfone groups is 1. The van der Waals surface area contributed by atoms with Gasteiger partial charge in [0.05, 0.1) is 11.4 Å². The van der Waals surface area contributed by atoms with Crippen LogP contribution in [0.15, 0.2) is 23.9 Å². The Labute approximate surface area is 236 Å². The molecule has 14 heteroatoms. The van der Waals surface area contributed by atoms with E-state index in [1.54, 1.807) is 18.1 Å². The first-order chi connectivity index (χ1) is 18.0. The average Bonchev–Trinajstić information content (AvgIpc) is 3.46. The van der Waals surface area contributed by atoms with E-state index in [1.807, 2.05) is 7.05 Å². The summed E-state index contributed by atoms with van der Waals surface area (Å²) in [7, 11) is 0.0722. The van der Waals surface area contributed by atoms with E-state index >= 15 is 0 Å². The van der Waals surface area contributed by atoms with Crippen LogP contribution < -0.4 is 4.90 Å². The maximum absolute atomic E-state index is 12.4. The molecule has 1 saturated heterocycles. The molecule has 4 heterocycles. The molecule has 0 amide bonds. The van der Waals surface area contributed by atoms with E-state index < -0.39 is 9.84 Å². The van der Waals surface area contributed by atoms with Gasteiger partial charge in [-0.15, -0.1) is 5.10 Å². The summed E-state index contributed by atoms with van der Waals surface area (Å²) in [6, 6.07) is 2.12. The lowest BCUT2D eigenvalue weighted by molar-refractivity contribution is 0.258. The van der Waals surface area contributed by atoms with Gasteiger partial charge in [-0.05, 0) is 25.2 Å². The van der Waals surface area contributed by atoms with Gasteiger partial charge >= 0.3 is 0 Å². The van der Waals surface area contributed by atoms with Gasteiger partial charge in [0.2, 0.25) is 14.6 Å². The number of rotatable bonds is 6. The maximum atomic E-state index is 12.4. The first-order valence-corrected chi connectivity index (χ1v) is 15.1. The number of nitrogens with zero attached hydrogens (tertiary/aromatic N) is 9. The van der Waals surface area contributed by atoms with Crippen molar-refractivity contribution in [3.63, 3.8) is 0 Å².